The first-order valence-electron chi connectivity index (χ1n) is 13.5. The number of ether oxygens (including phenoxy) is 1. The molecule has 10 nitrogen and oxygen atoms in total. The number of benzene rings is 1. The maximum atomic E-state index is 15.6. The summed E-state index contributed by atoms with van der Waals surface area (Å²) < 4.78 is 62.4. The van der Waals surface area contributed by atoms with Crippen LogP contribution >= 0.6 is 0 Å². The Kier molecular flexibility index (Phi) is 8.31. The van der Waals surface area contributed by atoms with Crippen molar-refractivity contribution < 1.29 is 31.9 Å². The minimum absolute atomic E-state index is 0.0195. The number of piperidine rings is 1. The number of amides is 2. The molecule has 5 rings (SSSR count). The summed E-state index contributed by atoms with van der Waals surface area (Å²) in [5.74, 6) is -2.04. The monoisotopic (exact) mass is 599 g/mol. The molecule has 4 heterocycles. The highest BCUT2D eigenvalue weighted by atomic mass is 19.4. The number of alkyl halides is 3. The summed E-state index contributed by atoms with van der Waals surface area (Å²) in [6.45, 7) is 2.70. The molecule has 1 aliphatic heterocycles. The van der Waals surface area contributed by atoms with Gasteiger partial charge in [-0.1, -0.05) is 0 Å². The highest BCUT2D eigenvalue weighted by molar-refractivity contribution is 6.04. The first kappa shape index (κ1) is 29.9. The SMILES string of the molecule is COCCC(=O)N1C[C@H](c2nc(-c3ccc(C(=O)Nc4ncccc4C(F)(F)F)cc3F)c3c(N)nccn23)CC[C@@H]1C. The van der Waals surface area contributed by atoms with Crippen LogP contribution in [0.15, 0.2) is 48.9 Å². The molecule has 0 aliphatic carbocycles. The number of likely N-dealkylation sites (tertiary alicyclic amines) is 1. The lowest BCUT2D eigenvalue weighted by atomic mass is 9.92. The quantitative estimate of drug-likeness (QED) is 0.289. The molecule has 1 fully saturated rings. The molecule has 0 unspecified atom stereocenters. The van der Waals surface area contributed by atoms with Gasteiger partial charge < -0.3 is 20.7 Å². The van der Waals surface area contributed by atoms with Gasteiger partial charge in [-0.25, -0.2) is 19.3 Å². The number of anilines is 2. The number of methoxy groups -OCH3 is 1. The molecule has 0 radical (unpaired) electrons. The van der Waals surface area contributed by atoms with Crippen LogP contribution in [0.2, 0.25) is 0 Å². The zero-order chi connectivity index (χ0) is 30.9. The number of carbonyl (C=O) groups is 2. The van der Waals surface area contributed by atoms with Gasteiger partial charge in [-0.2, -0.15) is 13.2 Å². The molecule has 226 valence electrons. The van der Waals surface area contributed by atoms with Crippen LogP contribution in [0.3, 0.4) is 0 Å². The van der Waals surface area contributed by atoms with Gasteiger partial charge in [0.1, 0.15) is 34.5 Å². The Bertz CT molecular complexity index is 1670. The Hall–Kier alpha value is -4.59. The second-order valence-electron chi connectivity index (χ2n) is 10.3. The second-order valence-corrected chi connectivity index (χ2v) is 10.3. The number of carbonyl (C=O) groups excluding carboxylic acids is 2. The van der Waals surface area contributed by atoms with Crippen LogP contribution in [-0.4, -0.2) is 62.4 Å². The number of hydrogen-bond acceptors (Lipinski definition) is 7. The number of nitrogen functional groups attached to an aromatic ring is 1. The third kappa shape index (κ3) is 6.00. The van der Waals surface area contributed by atoms with Gasteiger partial charge in [-0.15, -0.1) is 0 Å². The fourth-order valence-electron chi connectivity index (χ4n) is 5.32. The molecule has 0 bridgehead atoms. The first-order chi connectivity index (χ1) is 20.5. The summed E-state index contributed by atoms with van der Waals surface area (Å²) in [6.07, 6.45) is 1.24. The van der Waals surface area contributed by atoms with E-state index < -0.39 is 29.3 Å². The second kappa shape index (κ2) is 12.0. The van der Waals surface area contributed by atoms with Crippen molar-refractivity contribution in [2.24, 2.45) is 0 Å². The predicted molar refractivity (Wildman–Crippen MR) is 150 cm³/mol. The summed E-state index contributed by atoms with van der Waals surface area (Å²) in [5, 5.41) is 2.11. The zero-order valence-corrected chi connectivity index (χ0v) is 23.4. The summed E-state index contributed by atoms with van der Waals surface area (Å²) in [7, 11) is 1.54. The number of hydrogen-bond donors (Lipinski definition) is 2. The molecule has 0 spiro atoms. The Morgan fingerprint density at radius 3 is 2.67 bits per heavy atom. The average Bonchev–Trinajstić information content (AvgIpc) is 3.36. The van der Waals surface area contributed by atoms with Crippen LogP contribution in [0.25, 0.3) is 16.8 Å². The Morgan fingerprint density at radius 2 is 1.95 bits per heavy atom. The van der Waals surface area contributed by atoms with E-state index in [1.165, 1.54) is 25.4 Å². The van der Waals surface area contributed by atoms with Gasteiger partial charge in [0, 0.05) is 55.3 Å². The Labute approximate surface area is 243 Å². The van der Waals surface area contributed by atoms with Crippen LogP contribution in [-0.2, 0) is 15.7 Å². The Morgan fingerprint density at radius 1 is 1.16 bits per heavy atom. The van der Waals surface area contributed by atoms with E-state index >= 15 is 4.39 Å². The molecule has 1 aliphatic rings. The zero-order valence-electron chi connectivity index (χ0n) is 23.4. The smallest absolute Gasteiger partial charge is 0.384 e. The lowest BCUT2D eigenvalue weighted by Crippen LogP contribution is -2.45. The predicted octanol–water partition coefficient (Wildman–Crippen LogP) is 4.91. The van der Waals surface area contributed by atoms with Crippen molar-refractivity contribution in [2.45, 2.75) is 44.3 Å². The van der Waals surface area contributed by atoms with Crippen LogP contribution in [0, 0.1) is 5.82 Å². The lowest BCUT2D eigenvalue weighted by Gasteiger charge is -2.37. The normalized spacial score (nSPS) is 17.3. The standard InChI is InChI=1S/C29H29F4N7O3/c1-16-5-6-18(15-40(16)22(41)9-13-43-2)27-37-23(24-25(34)35-11-12-39(24)27)19-8-7-17(14-21(19)30)28(42)38-26-20(29(31,32)33)4-3-10-36-26/h3-4,7-8,10-12,14,16,18H,5-6,9,13,15H2,1-2H3,(H2,34,35)(H,36,38,42)/t16-,18+/m0/s1. The number of halogens is 4. The Balaban J connectivity index is 1.47. The van der Waals surface area contributed by atoms with Crippen LogP contribution in [0.4, 0.5) is 29.2 Å². The highest BCUT2D eigenvalue weighted by Gasteiger charge is 2.35. The first-order valence-corrected chi connectivity index (χ1v) is 13.5. The molecule has 2 atom stereocenters. The van der Waals surface area contributed by atoms with E-state index in [2.05, 4.69) is 15.3 Å². The van der Waals surface area contributed by atoms with E-state index in [0.29, 0.717) is 24.5 Å². The number of imidazole rings is 1. The van der Waals surface area contributed by atoms with Crippen molar-refractivity contribution in [3.05, 3.63) is 71.7 Å². The fourth-order valence-corrected chi connectivity index (χ4v) is 5.32. The van der Waals surface area contributed by atoms with E-state index in [-0.39, 0.29) is 46.9 Å². The molecule has 1 aromatic carbocycles. The van der Waals surface area contributed by atoms with Gasteiger partial charge in [-0.3, -0.25) is 14.0 Å². The van der Waals surface area contributed by atoms with E-state index in [9.17, 15) is 22.8 Å². The van der Waals surface area contributed by atoms with Gasteiger partial charge in [0.2, 0.25) is 5.91 Å². The molecule has 14 heteroatoms. The van der Waals surface area contributed by atoms with Crippen molar-refractivity contribution in [2.75, 3.05) is 31.3 Å². The van der Waals surface area contributed by atoms with Crippen molar-refractivity contribution in [1.29, 1.82) is 0 Å². The highest BCUT2D eigenvalue weighted by Crippen LogP contribution is 2.37. The molecular weight excluding hydrogens is 570 g/mol. The average molecular weight is 600 g/mol. The maximum Gasteiger partial charge on any atom is 0.419 e. The van der Waals surface area contributed by atoms with E-state index in [1.54, 1.807) is 15.5 Å². The third-order valence-corrected chi connectivity index (χ3v) is 7.53. The summed E-state index contributed by atoms with van der Waals surface area (Å²) in [4.78, 5) is 40.0. The summed E-state index contributed by atoms with van der Waals surface area (Å²) >= 11 is 0. The number of nitrogens with one attached hydrogen (secondary N) is 1. The van der Waals surface area contributed by atoms with Crippen LogP contribution in [0.1, 0.15) is 53.8 Å². The lowest BCUT2D eigenvalue weighted by molar-refractivity contribution is -0.137. The molecular formula is C29H29F4N7O3. The molecule has 1 saturated heterocycles. The molecule has 3 aromatic heterocycles. The molecule has 4 aromatic rings. The van der Waals surface area contributed by atoms with Gasteiger partial charge in [0.15, 0.2) is 0 Å². The van der Waals surface area contributed by atoms with E-state index in [1.807, 2.05) is 6.92 Å². The fraction of sp³-hybridized carbons (Fsp3) is 0.345. The van der Waals surface area contributed by atoms with Crippen molar-refractivity contribution in [3.8, 4) is 11.3 Å². The minimum Gasteiger partial charge on any atom is -0.384 e. The number of aromatic nitrogens is 4. The van der Waals surface area contributed by atoms with E-state index in [0.717, 1.165) is 37.2 Å². The molecule has 0 saturated carbocycles. The molecule has 3 N–H and O–H groups in total. The number of pyridine rings is 1. The van der Waals surface area contributed by atoms with Crippen LogP contribution in [0.5, 0.6) is 0 Å². The summed E-state index contributed by atoms with van der Waals surface area (Å²) in [5.41, 5.74) is 5.43. The summed E-state index contributed by atoms with van der Waals surface area (Å²) in [6, 6.07) is 5.43. The number of nitrogens with zero attached hydrogens (tertiary/aromatic N) is 5. The molecule has 43 heavy (non-hydrogen) atoms. The number of fused-ring (bicyclic) bond motifs is 1. The van der Waals surface area contributed by atoms with Gasteiger partial charge in [-0.05, 0) is 50.1 Å². The topological polar surface area (TPSA) is 128 Å². The van der Waals surface area contributed by atoms with Crippen molar-refractivity contribution >= 4 is 29.0 Å². The van der Waals surface area contributed by atoms with Crippen molar-refractivity contribution in [3.63, 3.8) is 0 Å². The molecule has 2 amide bonds. The van der Waals surface area contributed by atoms with Gasteiger partial charge >= 0.3 is 6.18 Å². The number of nitrogens with two attached hydrogens (primary N) is 1. The van der Waals surface area contributed by atoms with Gasteiger partial charge in [0.25, 0.3) is 5.91 Å². The minimum atomic E-state index is -4.75. The van der Waals surface area contributed by atoms with E-state index in [4.69, 9.17) is 15.5 Å². The van der Waals surface area contributed by atoms with Crippen LogP contribution < -0.4 is 11.1 Å². The van der Waals surface area contributed by atoms with Gasteiger partial charge in [0.05, 0.1) is 18.6 Å². The maximum absolute atomic E-state index is 15.6. The largest absolute Gasteiger partial charge is 0.419 e. The number of rotatable bonds is 7. The third-order valence-electron chi connectivity index (χ3n) is 7.53. The van der Waals surface area contributed by atoms with Crippen molar-refractivity contribution in [1.82, 2.24) is 24.3 Å².